The van der Waals surface area contributed by atoms with Crippen molar-refractivity contribution in [3.63, 3.8) is 0 Å². The minimum Gasteiger partial charge on any atom is -0.485 e. The van der Waals surface area contributed by atoms with Gasteiger partial charge in [-0.25, -0.2) is 4.79 Å². The topological polar surface area (TPSA) is 105 Å². The Morgan fingerprint density at radius 3 is 2.68 bits per heavy atom. The van der Waals surface area contributed by atoms with Gasteiger partial charge in [-0.2, -0.15) is 0 Å². The molecule has 0 aliphatic carbocycles. The summed E-state index contributed by atoms with van der Waals surface area (Å²) in [7, 11) is 0. The summed E-state index contributed by atoms with van der Waals surface area (Å²) in [4.78, 5) is 22.5. The van der Waals surface area contributed by atoms with E-state index >= 15 is 0 Å². The van der Waals surface area contributed by atoms with Crippen LogP contribution >= 0.6 is 0 Å². The maximum atomic E-state index is 11.8. The molecule has 0 bridgehead atoms. The fraction of sp³-hybridized carbons (Fsp3) is 0.333. The minimum atomic E-state index is -1.35. The van der Waals surface area contributed by atoms with Gasteiger partial charge in [-0.1, -0.05) is 12.1 Å². The van der Waals surface area contributed by atoms with E-state index in [0.717, 1.165) is 0 Å². The number of carbonyl (C=O) groups excluding carboxylic acids is 1. The van der Waals surface area contributed by atoms with Crippen LogP contribution in [0.25, 0.3) is 0 Å². The van der Waals surface area contributed by atoms with Crippen LogP contribution in [-0.2, 0) is 9.59 Å². The second kappa shape index (κ2) is 5.57. The summed E-state index contributed by atoms with van der Waals surface area (Å²) in [5.74, 6) is -1.00. The van der Waals surface area contributed by atoms with E-state index < -0.39 is 30.6 Å². The fourth-order valence-electron chi connectivity index (χ4n) is 1.60. The lowest BCUT2D eigenvalue weighted by Gasteiger charge is -2.26. The number of benzene rings is 1. The third kappa shape index (κ3) is 2.94. The van der Waals surface area contributed by atoms with E-state index in [4.69, 9.17) is 19.7 Å². The predicted octanol–water partition coefficient (Wildman–Crippen LogP) is -0.612. The van der Waals surface area contributed by atoms with Crippen molar-refractivity contribution in [2.45, 2.75) is 12.1 Å². The first-order valence-electron chi connectivity index (χ1n) is 5.64. The van der Waals surface area contributed by atoms with E-state index in [9.17, 15) is 9.59 Å². The highest BCUT2D eigenvalue weighted by molar-refractivity contribution is 5.87. The first kappa shape index (κ1) is 13.2. The molecule has 1 aromatic rings. The van der Waals surface area contributed by atoms with Crippen LogP contribution in [0.4, 0.5) is 0 Å². The Balaban J connectivity index is 2.01. The maximum absolute atomic E-state index is 11.8. The van der Waals surface area contributed by atoms with Crippen molar-refractivity contribution in [3.05, 3.63) is 24.3 Å². The first-order valence-corrected chi connectivity index (χ1v) is 5.64. The molecule has 7 nitrogen and oxygen atoms in total. The molecular formula is C12H13NO6. The number of hydrogen-bond acceptors (Lipinski definition) is 5. The number of rotatable bonds is 4. The number of carboxylic acids is 1. The van der Waals surface area contributed by atoms with Gasteiger partial charge in [-0.15, -0.1) is 0 Å². The Hall–Kier alpha value is -2.28. The molecule has 2 unspecified atom stereocenters. The molecule has 1 amide bonds. The number of fused-ring (bicyclic) bond motifs is 1. The van der Waals surface area contributed by atoms with Crippen molar-refractivity contribution in [2.24, 2.45) is 0 Å². The molecule has 2 atom stereocenters. The number of carboxylic acid groups (broad SMARTS) is 1. The second-order valence-corrected chi connectivity index (χ2v) is 3.95. The Kier molecular flexibility index (Phi) is 3.86. The molecule has 1 aliphatic heterocycles. The molecule has 0 radical (unpaired) electrons. The lowest BCUT2D eigenvalue weighted by molar-refractivity contribution is -0.144. The SMILES string of the molecule is O=C(O)C(CO)NC(=O)C1COc2ccccc2O1. The lowest BCUT2D eigenvalue weighted by atomic mass is 10.2. The van der Waals surface area contributed by atoms with E-state index in [1.165, 1.54) is 0 Å². The molecule has 2 rings (SSSR count). The molecule has 1 heterocycles. The number of aliphatic hydroxyl groups excluding tert-OH is 1. The quantitative estimate of drug-likeness (QED) is 0.672. The summed E-state index contributed by atoms with van der Waals surface area (Å²) in [5.41, 5.74) is 0. The highest BCUT2D eigenvalue weighted by atomic mass is 16.6. The van der Waals surface area contributed by atoms with Crippen molar-refractivity contribution >= 4 is 11.9 Å². The number of amides is 1. The summed E-state index contributed by atoms with van der Waals surface area (Å²) in [6, 6.07) is 5.51. The molecule has 1 aromatic carbocycles. The highest BCUT2D eigenvalue weighted by Gasteiger charge is 2.30. The Labute approximate surface area is 108 Å². The normalized spacial score (nSPS) is 18.5. The number of para-hydroxylation sites is 2. The van der Waals surface area contributed by atoms with Crippen LogP contribution in [0.1, 0.15) is 0 Å². The van der Waals surface area contributed by atoms with Crippen LogP contribution in [0.15, 0.2) is 24.3 Å². The summed E-state index contributed by atoms with van der Waals surface area (Å²) in [5, 5.41) is 19.7. The fourth-order valence-corrected chi connectivity index (χ4v) is 1.60. The van der Waals surface area contributed by atoms with Crippen LogP contribution in [0.2, 0.25) is 0 Å². The molecule has 3 N–H and O–H groups in total. The summed E-state index contributed by atoms with van der Waals surface area (Å²) < 4.78 is 10.7. The van der Waals surface area contributed by atoms with Gasteiger partial charge in [0.2, 0.25) is 6.10 Å². The van der Waals surface area contributed by atoms with Crippen LogP contribution < -0.4 is 14.8 Å². The van der Waals surface area contributed by atoms with E-state index in [-0.39, 0.29) is 6.61 Å². The molecule has 0 saturated heterocycles. The number of carbonyl (C=O) groups is 2. The van der Waals surface area contributed by atoms with Crippen LogP contribution in [0.3, 0.4) is 0 Å². The molecule has 0 aromatic heterocycles. The van der Waals surface area contributed by atoms with Gasteiger partial charge >= 0.3 is 5.97 Å². The van der Waals surface area contributed by atoms with Crippen LogP contribution in [-0.4, -0.2) is 47.4 Å². The van der Waals surface area contributed by atoms with E-state index in [1.807, 2.05) is 0 Å². The van der Waals surface area contributed by atoms with Gasteiger partial charge in [-0.05, 0) is 12.1 Å². The van der Waals surface area contributed by atoms with Gasteiger partial charge in [0.25, 0.3) is 5.91 Å². The Bertz CT molecular complexity index is 489. The molecule has 0 fully saturated rings. The second-order valence-electron chi connectivity index (χ2n) is 3.95. The molecule has 1 aliphatic rings. The number of aliphatic hydroxyl groups is 1. The molecule has 19 heavy (non-hydrogen) atoms. The summed E-state index contributed by atoms with van der Waals surface area (Å²) in [6.07, 6.45) is -0.941. The smallest absolute Gasteiger partial charge is 0.328 e. The molecule has 0 saturated carbocycles. The van der Waals surface area contributed by atoms with Gasteiger partial charge in [0.15, 0.2) is 11.5 Å². The standard InChI is InChI=1S/C12H13NO6/c14-5-7(12(16)17)13-11(15)10-6-18-8-3-1-2-4-9(8)19-10/h1-4,7,10,14H,5-6H2,(H,13,15)(H,16,17). The largest absolute Gasteiger partial charge is 0.485 e. The monoisotopic (exact) mass is 267 g/mol. The van der Waals surface area contributed by atoms with E-state index in [2.05, 4.69) is 5.32 Å². The van der Waals surface area contributed by atoms with Gasteiger partial charge in [0, 0.05) is 0 Å². The zero-order chi connectivity index (χ0) is 13.8. The molecule has 7 heteroatoms. The maximum Gasteiger partial charge on any atom is 0.328 e. The van der Waals surface area contributed by atoms with Crippen molar-refractivity contribution < 1.29 is 29.3 Å². The molecule has 102 valence electrons. The van der Waals surface area contributed by atoms with Gasteiger partial charge in [-0.3, -0.25) is 4.79 Å². The van der Waals surface area contributed by atoms with Crippen molar-refractivity contribution in [3.8, 4) is 11.5 Å². The highest BCUT2D eigenvalue weighted by Crippen LogP contribution is 2.30. The number of hydrogen-bond donors (Lipinski definition) is 3. The van der Waals surface area contributed by atoms with Crippen molar-refractivity contribution in [1.29, 1.82) is 0 Å². The first-order chi connectivity index (χ1) is 9.11. The molecular weight excluding hydrogens is 254 g/mol. The lowest BCUT2D eigenvalue weighted by Crippen LogP contribution is -2.51. The minimum absolute atomic E-state index is 0.0133. The number of ether oxygens (including phenoxy) is 2. The van der Waals surface area contributed by atoms with Gasteiger partial charge in [0.05, 0.1) is 6.61 Å². The number of aliphatic carboxylic acids is 1. The van der Waals surface area contributed by atoms with E-state index in [0.29, 0.717) is 11.5 Å². The molecule has 0 spiro atoms. The zero-order valence-corrected chi connectivity index (χ0v) is 9.91. The predicted molar refractivity (Wildman–Crippen MR) is 63.0 cm³/mol. The zero-order valence-electron chi connectivity index (χ0n) is 9.91. The van der Waals surface area contributed by atoms with Crippen molar-refractivity contribution in [2.75, 3.05) is 13.2 Å². The number of nitrogens with one attached hydrogen (secondary N) is 1. The van der Waals surface area contributed by atoms with Crippen LogP contribution in [0, 0.1) is 0 Å². The summed E-state index contributed by atoms with van der Waals surface area (Å²) >= 11 is 0. The Morgan fingerprint density at radius 1 is 1.37 bits per heavy atom. The average Bonchev–Trinajstić information content (AvgIpc) is 2.43. The summed E-state index contributed by atoms with van der Waals surface area (Å²) in [6.45, 7) is -0.703. The third-order valence-electron chi connectivity index (χ3n) is 2.60. The van der Waals surface area contributed by atoms with E-state index in [1.54, 1.807) is 24.3 Å². The third-order valence-corrected chi connectivity index (χ3v) is 2.60. The average molecular weight is 267 g/mol. The van der Waals surface area contributed by atoms with Crippen LogP contribution in [0.5, 0.6) is 11.5 Å². The van der Waals surface area contributed by atoms with Crippen molar-refractivity contribution in [1.82, 2.24) is 5.32 Å². The van der Waals surface area contributed by atoms with Gasteiger partial charge in [0.1, 0.15) is 12.6 Å². The Morgan fingerprint density at radius 2 is 2.05 bits per heavy atom. The van der Waals surface area contributed by atoms with Gasteiger partial charge < -0.3 is 25.0 Å².